The molecule has 0 amide bonds. The van der Waals surface area contributed by atoms with Crippen molar-refractivity contribution >= 4 is 17.7 Å². The second-order valence-electron chi connectivity index (χ2n) is 8.58. The summed E-state index contributed by atoms with van der Waals surface area (Å²) in [5.74, 6) is -0.862. The van der Waals surface area contributed by atoms with Crippen molar-refractivity contribution in [3.63, 3.8) is 0 Å². The molecule has 0 aliphatic heterocycles. The van der Waals surface area contributed by atoms with Gasteiger partial charge in [-0.1, -0.05) is 78.6 Å². The summed E-state index contributed by atoms with van der Waals surface area (Å²) in [7, 11) is 0. The predicted octanol–water partition coefficient (Wildman–Crippen LogP) is 7.07. The van der Waals surface area contributed by atoms with E-state index in [0.717, 1.165) is 19.3 Å². The quantitative estimate of drug-likeness (QED) is 0.0842. The fourth-order valence-electron chi connectivity index (χ4n) is 3.77. The van der Waals surface area contributed by atoms with Crippen LogP contribution in [-0.2, 0) is 14.3 Å². The Labute approximate surface area is 194 Å². The van der Waals surface area contributed by atoms with E-state index in [1.54, 1.807) is 38.1 Å². The molecular weight excluding hydrogens is 404 g/mol. The minimum atomic E-state index is -1.31. The molecule has 0 aliphatic carbocycles. The highest BCUT2D eigenvalue weighted by Crippen LogP contribution is 2.31. The second kappa shape index (κ2) is 15.6. The summed E-state index contributed by atoms with van der Waals surface area (Å²) in [6.45, 7) is 7.63. The average Bonchev–Trinajstić information content (AvgIpc) is 2.79. The van der Waals surface area contributed by atoms with Gasteiger partial charge in [0.05, 0.1) is 6.61 Å². The molecule has 0 aliphatic rings. The Bertz CT molecular complexity index is 689. The van der Waals surface area contributed by atoms with Crippen LogP contribution in [0.3, 0.4) is 0 Å². The van der Waals surface area contributed by atoms with Gasteiger partial charge in [0.1, 0.15) is 5.75 Å². The molecule has 5 nitrogen and oxygen atoms in total. The van der Waals surface area contributed by atoms with Gasteiger partial charge in [-0.15, -0.1) is 0 Å². The normalized spacial score (nSPS) is 11.2. The van der Waals surface area contributed by atoms with Gasteiger partial charge in [-0.05, 0) is 50.5 Å². The van der Waals surface area contributed by atoms with Crippen molar-refractivity contribution in [2.24, 2.45) is 5.41 Å². The Morgan fingerprint density at radius 1 is 0.719 bits per heavy atom. The highest BCUT2D eigenvalue weighted by molar-refractivity contribution is 6.01. The van der Waals surface area contributed by atoms with Crippen LogP contribution in [0.5, 0.6) is 5.75 Å². The maximum atomic E-state index is 12.9. The van der Waals surface area contributed by atoms with E-state index in [9.17, 15) is 14.4 Å². The minimum Gasteiger partial charge on any atom is -0.465 e. The molecule has 0 bridgehead atoms. The van der Waals surface area contributed by atoms with Gasteiger partial charge in [0.25, 0.3) is 0 Å². The summed E-state index contributed by atoms with van der Waals surface area (Å²) in [4.78, 5) is 37.1. The van der Waals surface area contributed by atoms with Gasteiger partial charge < -0.3 is 9.47 Å². The number of hydrogen-bond donors (Lipinski definition) is 0. The van der Waals surface area contributed by atoms with Crippen LogP contribution in [0.15, 0.2) is 24.3 Å². The van der Waals surface area contributed by atoms with E-state index in [1.807, 2.05) is 0 Å². The monoisotopic (exact) mass is 446 g/mol. The van der Waals surface area contributed by atoms with Crippen molar-refractivity contribution in [3.05, 3.63) is 29.8 Å². The smallest absolute Gasteiger partial charge is 0.328 e. The first-order chi connectivity index (χ1) is 15.4. The zero-order valence-electron chi connectivity index (χ0n) is 20.5. The van der Waals surface area contributed by atoms with E-state index in [2.05, 4.69) is 6.92 Å². The lowest BCUT2D eigenvalue weighted by Gasteiger charge is -2.26. The molecule has 0 radical (unpaired) electrons. The summed E-state index contributed by atoms with van der Waals surface area (Å²) in [5.41, 5.74) is -0.768. The Kier molecular flexibility index (Phi) is 13.6. The van der Waals surface area contributed by atoms with Gasteiger partial charge in [0.15, 0.2) is 11.2 Å². The summed E-state index contributed by atoms with van der Waals surface area (Å²) >= 11 is 0. The van der Waals surface area contributed by atoms with Crippen LogP contribution in [-0.4, -0.2) is 24.3 Å². The molecular formula is C27H42O5. The highest BCUT2D eigenvalue weighted by Gasteiger charge is 2.46. The fourth-order valence-corrected chi connectivity index (χ4v) is 3.77. The summed E-state index contributed by atoms with van der Waals surface area (Å²) in [5, 5.41) is 0. The standard InChI is InChI=1S/C27H42O5/c1-5-8-9-10-11-12-13-14-15-16-21-31-25(29)27(6-2,7-3)26(30)32-24-19-17-23(18-20-24)22(4)28/h17-20H,5-16,21H2,1-4H3. The first kappa shape index (κ1) is 27.9. The molecule has 0 N–H and O–H groups in total. The van der Waals surface area contributed by atoms with Gasteiger partial charge in [0.2, 0.25) is 0 Å². The van der Waals surface area contributed by atoms with Gasteiger partial charge in [-0.25, -0.2) is 0 Å². The number of carbonyl (C=O) groups is 3. The third-order valence-corrected chi connectivity index (χ3v) is 6.19. The molecule has 1 aromatic carbocycles. The average molecular weight is 447 g/mol. The second-order valence-corrected chi connectivity index (χ2v) is 8.58. The van der Waals surface area contributed by atoms with Gasteiger partial charge in [-0.3, -0.25) is 14.4 Å². The topological polar surface area (TPSA) is 69.7 Å². The number of ketones is 1. The van der Waals surface area contributed by atoms with Crippen LogP contribution < -0.4 is 4.74 Å². The van der Waals surface area contributed by atoms with Crippen LogP contribution in [0, 0.1) is 5.41 Å². The van der Waals surface area contributed by atoms with E-state index < -0.39 is 17.4 Å². The number of hydrogen-bond acceptors (Lipinski definition) is 5. The lowest BCUT2D eigenvalue weighted by molar-refractivity contribution is -0.168. The number of carbonyl (C=O) groups excluding carboxylic acids is 3. The SMILES string of the molecule is CCCCCCCCCCCCOC(=O)C(CC)(CC)C(=O)Oc1ccc(C(C)=O)cc1. The lowest BCUT2D eigenvalue weighted by Crippen LogP contribution is -2.42. The molecule has 0 fully saturated rings. The minimum absolute atomic E-state index is 0.0603. The number of ether oxygens (including phenoxy) is 2. The van der Waals surface area contributed by atoms with Crippen LogP contribution in [0.2, 0.25) is 0 Å². The van der Waals surface area contributed by atoms with Gasteiger partial charge in [0, 0.05) is 5.56 Å². The molecule has 0 aromatic heterocycles. The van der Waals surface area contributed by atoms with Crippen molar-refractivity contribution < 1.29 is 23.9 Å². The lowest BCUT2D eigenvalue weighted by atomic mass is 9.82. The van der Waals surface area contributed by atoms with Crippen LogP contribution >= 0.6 is 0 Å². The van der Waals surface area contributed by atoms with E-state index in [0.29, 0.717) is 30.8 Å². The Hall–Kier alpha value is -2.17. The van der Waals surface area contributed by atoms with E-state index in [-0.39, 0.29) is 5.78 Å². The largest absolute Gasteiger partial charge is 0.465 e. The van der Waals surface area contributed by atoms with Crippen LogP contribution in [0.1, 0.15) is 115 Å². The number of esters is 2. The zero-order chi connectivity index (χ0) is 23.8. The van der Waals surface area contributed by atoms with E-state index >= 15 is 0 Å². The first-order valence-electron chi connectivity index (χ1n) is 12.4. The molecule has 0 heterocycles. The highest BCUT2D eigenvalue weighted by atomic mass is 16.6. The van der Waals surface area contributed by atoms with Crippen LogP contribution in [0.25, 0.3) is 0 Å². The summed E-state index contributed by atoms with van der Waals surface area (Å²) in [6, 6.07) is 6.35. The molecule has 32 heavy (non-hydrogen) atoms. The predicted molar refractivity (Wildman–Crippen MR) is 128 cm³/mol. The first-order valence-corrected chi connectivity index (χ1v) is 12.4. The number of Topliss-reactive ketones (excluding diaryl/α,β-unsaturated/α-hetero) is 1. The Balaban J connectivity index is 2.42. The van der Waals surface area contributed by atoms with Crippen molar-refractivity contribution in [1.29, 1.82) is 0 Å². The molecule has 5 heteroatoms. The number of unbranched alkanes of at least 4 members (excludes halogenated alkanes) is 9. The van der Waals surface area contributed by atoms with Gasteiger partial charge in [-0.2, -0.15) is 0 Å². The molecule has 1 rings (SSSR count). The molecule has 180 valence electrons. The van der Waals surface area contributed by atoms with Crippen molar-refractivity contribution in [2.75, 3.05) is 6.61 Å². The van der Waals surface area contributed by atoms with Crippen molar-refractivity contribution in [2.45, 2.75) is 105 Å². The van der Waals surface area contributed by atoms with Crippen molar-refractivity contribution in [3.8, 4) is 5.75 Å². The molecule has 0 unspecified atom stereocenters. The Morgan fingerprint density at radius 3 is 1.69 bits per heavy atom. The zero-order valence-corrected chi connectivity index (χ0v) is 20.5. The Morgan fingerprint density at radius 2 is 1.22 bits per heavy atom. The molecule has 0 saturated carbocycles. The third-order valence-electron chi connectivity index (χ3n) is 6.19. The maximum absolute atomic E-state index is 12.9. The summed E-state index contributed by atoms with van der Waals surface area (Å²) < 4.78 is 11.0. The molecule has 0 saturated heterocycles. The molecule has 0 atom stereocenters. The number of benzene rings is 1. The maximum Gasteiger partial charge on any atom is 0.328 e. The van der Waals surface area contributed by atoms with Crippen LogP contribution in [0.4, 0.5) is 0 Å². The van der Waals surface area contributed by atoms with Gasteiger partial charge >= 0.3 is 11.9 Å². The molecule has 0 spiro atoms. The number of rotatable bonds is 17. The third kappa shape index (κ3) is 9.13. The van der Waals surface area contributed by atoms with E-state index in [4.69, 9.17) is 9.47 Å². The van der Waals surface area contributed by atoms with E-state index in [1.165, 1.54) is 51.9 Å². The fraction of sp³-hybridized carbons (Fsp3) is 0.667. The summed E-state index contributed by atoms with van der Waals surface area (Å²) in [6.07, 6.45) is 12.7. The van der Waals surface area contributed by atoms with Crippen molar-refractivity contribution in [1.82, 2.24) is 0 Å². The molecule has 1 aromatic rings.